The molecular formula is C16H9ClN2O. The molecule has 0 fully saturated rings. The van der Waals surface area contributed by atoms with Gasteiger partial charge in [-0.05, 0) is 18.2 Å². The molecule has 0 aliphatic carbocycles. The number of imidazole rings is 1. The predicted octanol–water partition coefficient (Wildman–Crippen LogP) is 3.65. The molecule has 0 N–H and O–H groups in total. The molecule has 0 unspecified atom stereocenters. The highest BCUT2D eigenvalue weighted by Gasteiger charge is 2.09. The van der Waals surface area contributed by atoms with Crippen LogP contribution in [-0.2, 0) is 0 Å². The zero-order chi connectivity index (χ0) is 13.7. The third-order valence-electron chi connectivity index (χ3n) is 3.52. The van der Waals surface area contributed by atoms with Gasteiger partial charge in [0, 0.05) is 33.6 Å². The Kier molecular flexibility index (Phi) is 2.32. The van der Waals surface area contributed by atoms with Crippen molar-refractivity contribution in [3.8, 4) is 0 Å². The number of halogens is 1. The van der Waals surface area contributed by atoms with Gasteiger partial charge in [-0.15, -0.1) is 0 Å². The lowest BCUT2D eigenvalue weighted by atomic mass is 10.1. The van der Waals surface area contributed by atoms with E-state index in [0.29, 0.717) is 15.8 Å². The number of hydrogen-bond donors (Lipinski definition) is 0. The number of aromatic nitrogens is 2. The molecule has 0 radical (unpaired) electrons. The van der Waals surface area contributed by atoms with E-state index >= 15 is 0 Å². The second kappa shape index (κ2) is 4.05. The van der Waals surface area contributed by atoms with Crippen LogP contribution in [0, 0.1) is 0 Å². The van der Waals surface area contributed by atoms with E-state index in [1.54, 1.807) is 24.4 Å². The van der Waals surface area contributed by atoms with Crippen molar-refractivity contribution >= 4 is 38.9 Å². The molecule has 2 aromatic heterocycles. The van der Waals surface area contributed by atoms with Crippen LogP contribution in [0.3, 0.4) is 0 Å². The Morgan fingerprint density at radius 3 is 2.65 bits per heavy atom. The Balaban J connectivity index is 2.51. The molecule has 0 aliphatic heterocycles. The van der Waals surface area contributed by atoms with Crippen molar-refractivity contribution in [2.75, 3.05) is 0 Å². The Hall–Kier alpha value is -2.39. The van der Waals surface area contributed by atoms with Gasteiger partial charge in [0.2, 0.25) is 0 Å². The average Bonchev–Trinajstić information content (AvgIpc) is 2.92. The number of benzene rings is 2. The van der Waals surface area contributed by atoms with Gasteiger partial charge in [-0.1, -0.05) is 35.9 Å². The molecule has 0 spiro atoms. The highest BCUT2D eigenvalue weighted by molar-refractivity contribution is 6.31. The molecule has 20 heavy (non-hydrogen) atoms. The van der Waals surface area contributed by atoms with Gasteiger partial charge in [-0.25, -0.2) is 4.98 Å². The minimum atomic E-state index is -0.00207. The van der Waals surface area contributed by atoms with Crippen LogP contribution in [0.4, 0.5) is 0 Å². The van der Waals surface area contributed by atoms with Crippen molar-refractivity contribution in [1.82, 2.24) is 9.38 Å². The van der Waals surface area contributed by atoms with Gasteiger partial charge >= 0.3 is 0 Å². The first-order valence-corrected chi connectivity index (χ1v) is 6.61. The Labute approximate surface area is 119 Å². The second-order valence-corrected chi connectivity index (χ2v) is 5.09. The van der Waals surface area contributed by atoms with Gasteiger partial charge in [0.25, 0.3) is 0 Å². The van der Waals surface area contributed by atoms with E-state index in [0.717, 1.165) is 16.6 Å². The van der Waals surface area contributed by atoms with Crippen LogP contribution in [-0.4, -0.2) is 9.38 Å². The summed E-state index contributed by atoms with van der Waals surface area (Å²) >= 11 is 6.08. The summed E-state index contributed by atoms with van der Waals surface area (Å²) in [6, 6.07) is 12.8. The van der Waals surface area contributed by atoms with Gasteiger partial charge in [0.1, 0.15) is 5.65 Å². The smallest absolute Gasteiger partial charge is 0.195 e. The first-order chi connectivity index (χ1) is 9.75. The van der Waals surface area contributed by atoms with Crippen LogP contribution in [0.15, 0.2) is 59.7 Å². The summed E-state index contributed by atoms with van der Waals surface area (Å²) in [4.78, 5) is 17.1. The van der Waals surface area contributed by atoms with E-state index < -0.39 is 0 Å². The molecule has 0 aliphatic rings. The summed E-state index contributed by atoms with van der Waals surface area (Å²) in [6.45, 7) is 0. The number of fused-ring (bicyclic) bond motifs is 5. The zero-order valence-corrected chi connectivity index (χ0v) is 11.1. The van der Waals surface area contributed by atoms with E-state index in [1.807, 2.05) is 34.9 Å². The summed E-state index contributed by atoms with van der Waals surface area (Å²) in [5.41, 5.74) is 1.53. The molecule has 0 amide bonds. The Bertz CT molecular complexity index is 1040. The van der Waals surface area contributed by atoms with Crippen molar-refractivity contribution in [2.45, 2.75) is 0 Å². The van der Waals surface area contributed by atoms with Crippen LogP contribution < -0.4 is 5.43 Å². The standard InChI is InChI=1S/C16H9ClN2O/c17-10-5-6-13-14(9-10)19-8-7-18-16(19)12-4-2-1-3-11(12)15(13)20/h1-9H. The number of hydrogen-bond acceptors (Lipinski definition) is 2. The van der Waals surface area contributed by atoms with Crippen LogP contribution in [0.2, 0.25) is 5.02 Å². The summed E-state index contributed by atoms with van der Waals surface area (Å²) in [5, 5.41) is 2.75. The van der Waals surface area contributed by atoms with Gasteiger partial charge in [-0.3, -0.25) is 9.20 Å². The van der Waals surface area contributed by atoms with E-state index in [4.69, 9.17) is 11.6 Å². The fourth-order valence-electron chi connectivity index (χ4n) is 2.61. The van der Waals surface area contributed by atoms with E-state index in [9.17, 15) is 4.79 Å². The van der Waals surface area contributed by atoms with Crippen molar-refractivity contribution in [2.24, 2.45) is 0 Å². The minimum Gasteiger partial charge on any atom is -0.299 e. The maximum Gasteiger partial charge on any atom is 0.195 e. The highest BCUT2D eigenvalue weighted by Crippen LogP contribution is 2.22. The maximum atomic E-state index is 12.7. The van der Waals surface area contributed by atoms with Crippen LogP contribution >= 0.6 is 11.6 Å². The molecule has 2 heterocycles. The molecule has 4 aromatic rings. The average molecular weight is 281 g/mol. The quantitative estimate of drug-likeness (QED) is 0.493. The van der Waals surface area contributed by atoms with Crippen molar-refractivity contribution < 1.29 is 0 Å². The SMILES string of the molecule is O=c1c2ccccc2c2nccn2c2cc(Cl)ccc12. The molecule has 0 atom stereocenters. The zero-order valence-electron chi connectivity index (χ0n) is 10.4. The highest BCUT2D eigenvalue weighted by atomic mass is 35.5. The molecule has 0 saturated heterocycles. The summed E-state index contributed by atoms with van der Waals surface area (Å²) in [6.07, 6.45) is 3.58. The lowest BCUT2D eigenvalue weighted by Gasteiger charge is -1.96. The summed E-state index contributed by atoms with van der Waals surface area (Å²) in [5.74, 6) is 0. The van der Waals surface area contributed by atoms with Gasteiger partial charge in [-0.2, -0.15) is 0 Å². The molecular weight excluding hydrogens is 272 g/mol. The van der Waals surface area contributed by atoms with E-state index in [-0.39, 0.29) is 5.43 Å². The molecule has 4 rings (SSSR count). The molecule has 0 bridgehead atoms. The van der Waals surface area contributed by atoms with Crippen molar-refractivity contribution in [3.63, 3.8) is 0 Å². The predicted molar refractivity (Wildman–Crippen MR) is 81.5 cm³/mol. The summed E-state index contributed by atoms with van der Waals surface area (Å²) in [7, 11) is 0. The topological polar surface area (TPSA) is 34.4 Å². The maximum absolute atomic E-state index is 12.7. The molecule has 96 valence electrons. The van der Waals surface area contributed by atoms with E-state index in [2.05, 4.69) is 4.98 Å². The van der Waals surface area contributed by atoms with E-state index in [1.165, 1.54) is 0 Å². The largest absolute Gasteiger partial charge is 0.299 e. The Morgan fingerprint density at radius 2 is 1.80 bits per heavy atom. The lowest BCUT2D eigenvalue weighted by Crippen LogP contribution is -1.98. The normalized spacial score (nSPS) is 11.4. The number of rotatable bonds is 0. The third kappa shape index (κ3) is 1.47. The van der Waals surface area contributed by atoms with Crippen molar-refractivity contribution in [3.05, 3.63) is 70.1 Å². The molecule has 3 nitrogen and oxygen atoms in total. The second-order valence-electron chi connectivity index (χ2n) is 4.66. The van der Waals surface area contributed by atoms with Crippen LogP contribution in [0.1, 0.15) is 0 Å². The van der Waals surface area contributed by atoms with Gasteiger partial charge < -0.3 is 0 Å². The summed E-state index contributed by atoms with van der Waals surface area (Å²) < 4.78 is 1.91. The first kappa shape index (κ1) is 11.4. The molecule has 2 aromatic carbocycles. The van der Waals surface area contributed by atoms with Crippen molar-refractivity contribution in [1.29, 1.82) is 0 Å². The minimum absolute atomic E-state index is 0.00207. The fraction of sp³-hybridized carbons (Fsp3) is 0. The lowest BCUT2D eigenvalue weighted by molar-refractivity contribution is 1.28. The van der Waals surface area contributed by atoms with Gasteiger partial charge in [0.05, 0.1) is 5.52 Å². The monoisotopic (exact) mass is 280 g/mol. The van der Waals surface area contributed by atoms with Crippen LogP contribution in [0.25, 0.3) is 27.3 Å². The Morgan fingerprint density at radius 1 is 1.00 bits per heavy atom. The fourth-order valence-corrected chi connectivity index (χ4v) is 2.78. The first-order valence-electron chi connectivity index (χ1n) is 6.23. The van der Waals surface area contributed by atoms with Gasteiger partial charge in [0.15, 0.2) is 5.43 Å². The molecule has 4 heteroatoms. The number of nitrogens with zero attached hydrogens (tertiary/aromatic N) is 2. The third-order valence-corrected chi connectivity index (χ3v) is 3.75. The molecule has 0 saturated carbocycles. The van der Waals surface area contributed by atoms with Crippen LogP contribution in [0.5, 0.6) is 0 Å².